The molecule has 0 bridgehead atoms. The van der Waals surface area contributed by atoms with Crippen LogP contribution in [0.2, 0.25) is 0 Å². The second kappa shape index (κ2) is 9.59. The van der Waals surface area contributed by atoms with Crippen molar-refractivity contribution in [2.24, 2.45) is 0 Å². The lowest BCUT2D eigenvalue weighted by atomic mass is 9.98. The number of halogens is 1. The van der Waals surface area contributed by atoms with E-state index in [-0.39, 0.29) is 18.4 Å². The van der Waals surface area contributed by atoms with Crippen LogP contribution in [0.5, 0.6) is 11.5 Å². The van der Waals surface area contributed by atoms with Gasteiger partial charge in [0.25, 0.3) is 0 Å². The number of fused-ring (bicyclic) bond motifs is 3. The number of rotatable bonds is 6. The van der Waals surface area contributed by atoms with Crippen LogP contribution in [-0.4, -0.2) is 17.8 Å². The average molecular weight is 426 g/mol. The molecule has 4 rings (SSSR count). The van der Waals surface area contributed by atoms with Gasteiger partial charge in [-0.3, -0.25) is 0 Å². The Labute approximate surface area is 185 Å². The van der Waals surface area contributed by atoms with Crippen LogP contribution in [0.15, 0.2) is 54.7 Å². The van der Waals surface area contributed by atoms with Gasteiger partial charge in [-0.05, 0) is 54.7 Å². The topological polar surface area (TPSA) is 35.4 Å². The summed E-state index contributed by atoms with van der Waals surface area (Å²) in [6.45, 7) is 10.5. The number of benzene rings is 2. The first kappa shape index (κ1) is 22.3. The van der Waals surface area contributed by atoms with Crippen LogP contribution in [0, 0.1) is 0 Å². The predicted molar refractivity (Wildman–Crippen MR) is 117 cm³/mol. The van der Waals surface area contributed by atoms with Crippen LogP contribution in [0.25, 0.3) is 5.69 Å². The Bertz CT molecular complexity index is 979. The highest BCUT2D eigenvalue weighted by atomic mass is 35.5. The maximum absolute atomic E-state index is 5.88. The Morgan fingerprint density at radius 3 is 2.30 bits per heavy atom. The normalized spacial score (nSPS) is 15.0. The summed E-state index contributed by atoms with van der Waals surface area (Å²) in [4.78, 5) is 0. The minimum Gasteiger partial charge on any atom is -1.00 e. The molecule has 1 N–H and O–H groups in total. The van der Waals surface area contributed by atoms with Crippen molar-refractivity contribution < 1.29 is 21.9 Å². The number of hydrogen-bond donors (Lipinski definition) is 1. The molecule has 0 radical (unpaired) electrons. The first-order valence-electron chi connectivity index (χ1n) is 10.6. The molecular formula is C25H30ClN2O2-. The smallest absolute Gasteiger partial charge is 0.163 e. The van der Waals surface area contributed by atoms with Gasteiger partial charge in [0.05, 0.1) is 24.9 Å². The van der Waals surface area contributed by atoms with E-state index in [1.165, 1.54) is 22.4 Å². The van der Waals surface area contributed by atoms with Gasteiger partial charge in [-0.25, -0.2) is 0 Å². The Morgan fingerprint density at radius 2 is 1.67 bits per heavy atom. The van der Waals surface area contributed by atoms with Crippen LogP contribution in [-0.2, 0) is 6.54 Å². The fourth-order valence-corrected chi connectivity index (χ4v) is 4.02. The average Bonchev–Trinajstić information content (AvgIpc) is 3.14. The molecule has 2 heterocycles. The Hall–Kier alpha value is -2.43. The molecule has 5 heteroatoms. The molecule has 4 nitrogen and oxygen atoms in total. The molecule has 30 heavy (non-hydrogen) atoms. The van der Waals surface area contributed by atoms with Crippen molar-refractivity contribution in [3.8, 4) is 17.2 Å². The van der Waals surface area contributed by atoms with Crippen molar-refractivity contribution >= 4 is 0 Å². The zero-order valence-electron chi connectivity index (χ0n) is 18.1. The molecule has 0 fully saturated rings. The van der Waals surface area contributed by atoms with Gasteiger partial charge in [0.1, 0.15) is 0 Å². The zero-order chi connectivity index (χ0) is 20.4. The highest BCUT2D eigenvalue weighted by molar-refractivity contribution is 5.56. The lowest BCUT2D eigenvalue weighted by molar-refractivity contribution is -0.00000699. The molecule has 1 unspecified atom stereocenters. The molecule has 2 aromatic carbocycles. The highest BCUT2D eigenvalue weighted by Crippen LogP contribution is 2.37. The third kappa shape index (κ3) is 4.21. The van der Waals surface area contributed by atoms with E-state index in [0.717, 1.165) is 23.7 Å². The van der Waals surface area contributed by atoms with Gasteiger partial charge in [-0.1, -0.05) is 38.1 Å². The van der Waals surface area contributed by atoms with Gasteiger partial charge < -0.3 is 31.8 Å². The van der Waals surface area contributed by atoms with Crippen molar-refractivity contribution in [1.29, 1.82) is 0 Å². The fraction of sp³-hybridized carbons (Fsp3) is 0.360. The van der Waals surface area contributed by atoms with Crippen LogP contribution < -0.4 is 27.2 Å². The van der Waals surface area contributed by atoms with Gasteiger partial charge in [0.15, 0.2) is 11.5 Å². The number of aromatic nitrogens is 1. The minimum atomic E-state index is 0. The van der Waals surface area contributed by atoms with E-state index in [0.29, 0.717) is 19.1 Å². The molecule has 3 aromatic rings. The highest BCUT2D eigenvalue weighted by Gasteiger charge is 2.24. The fourth-order valence-electron chi connectivity index (χ4n) is 4.02. The second-order valence-electron chi connectivity index (χ2n) is 7.73. The summed E-state index contributed by atoms with van der Waals surface area (Å²) >= 11 is 0. The van der Waals surface area contributed by atoms with Crippen LogP contribution in [0.1, 0.15) is 62.0 Å². The maximum atomic E-state index is 5.88. The summed E-state index contributed by atoms with van der Waals surface area (Å²) in [7, 11) is 0. The summed E-state index contributed by atoms with van der Waals surface area (Å²) in [6, 6.07) is 17.6. The first-order chi connectivity index (χ1) is 14.1. The maximum Gasteiger partial charge on any atom is 0.163 e. The third-order valence-electron chi connectivity index (χ3n) is 5.51. The molecule has 0 spiro atoms. The number of hydrogen-bond acceptors (Lipinski definition) is 3. The van der Waals surface area contributed by atoms with E-state index < -0.39 is 0 Å². The lowest BCUT2D eigenvalue weighted by Gasteiger charge is -2.19. The van der Waals surface area contributed by atoms with Crippen molar-refractivity contribution in [2.45, 2.75) is 46.2 Å². The molecule has 1 aliphatic rings. The molecule has 1 aliphatic heterocycles. The Balaban J connectivity index is 0.00000256. The summed E-state index contributed by atoms with van der Waals surface area (Å²) in [5.74, 6) is 2.14. The van der Waals surface area contributed by atoms with Crippen molar-refractivity contribution in [2.75, 3.05) is 13.2 Å². The molecule has 1 aromatic heterocycles. The molecule has 0 saturated heterocycles. The minimum absolute atomic E-state index is 0. The van der Waals surface area contributed by atoms with Gasteiger partial charge in [-0.2, -0.15) is 0 Å². The van der Waals surface area contributed by atoms with Crippen LogP contribution in [0.3, 0.4) is 0 Å². The van der Waals surface area contributed by atoms with Crippen molar-refractivity contribution in [3.05, 3.63) is 77.1 Å². The predicted octanol–water partition coefficient (Wildman–Crippen LogP) is 2.59. The molecule has 1 atom stereocenters. The third-order valence-corrected chi connectivity index (χ3v) is 5.51. The Morgan fingerprint density at radius 1 is 1.00 bits per heavy atom. The van der Waals surface area contributed by atoms with E-state index in [2.05, 4.69) is 78.5 Å². The van der Waals surface area contributed by atoms with Crippen molar-refractivity contribution in [3.63, 3.8) is 0 Å². The Kier molecular flexibility index (Phi) is 7.11. The van der Waals surface area contributed by atoms with E-state index >= 15 is 0 Å². The monoisotopic (exact) mass is 425 g/mol. The van der Waals surface area contributed by atoms with E-state index in [9.17, 15) is 0 Å². The summed E-state index contributed by atoms with van der Waals surface area (Å²) < 4.78 is 14.0. The van der Waals surface area contributed by atoms with Crippen LogP contribution >= 0.6 is 0 Å². The molecule has 0 amide bonds. The van der Waals surface area contributed by atoms with Gasteiger partial charge in [0.2, 0.25) is 0 Å². The van der Waals surface area contributed by atoms with E-state index in [1.54, 1.807) is 0 Å². The van der Waals surface area contributed by atoms with Crippen LogP contribution in [0.4, 0.5) is 0 Å². The molecule has 160 valence electrons. The lowest BCUT2D eigenvalue weighted by Crippen LogP contribution is -3.00. The number of ether oxygens (including phenoxy) is 2. The van der Waals surface area contributed by atoms with Gasteiger partial charge in [0, 0.05) is 24.5 Å². The summed E-state index contributed by atoms with van der Waals surface area (Å²) in [5.41, 5.74) is 6.22. The second-order valence-corrected chi connectivity index (χ2v) is 7.73. The molecule has 0 saturated carbocycles. The first-order valence-corrected chi connectivity index (χ1v) is 10.6. The van der Waals surface area contributed by atoms with E-state index in [4.69, 9.17) is 9.47 Å². The standard InChI is InChI=1S/C25H30N2O2.ClH/c1-5-28-23-14-20-16-26-25(19-11-9-18(10-12-19)17(3)4)21-8-7-13-27(21)22(20)15-24(23)29-6-2;/h7-15,17,25-26H,5-6,16H2,1-4H3;1H/p-1. The van der Waals surface area contributed by atoms with E-state index in [1.807, 2.05) is 13.8 Å². The van der Waals surface area contributed by atoms with Gasteiger partial charge in [-0.15, -0.1) is 0 Å². The van der Waals surface area contributed by atoms with Gasteiger partial charge >= 0.3 is 0 Å². The largest absolute Gasteiger partial charge is 1.00 e. The van der Waals surface area contributed by atoms with Crippen molar-refractivity contribution in [1.82, 2.24) is 9.88 Å². The quantitative estimate of drug-likeness (QED) is 0.659. The summed E-state index contributed by atoms with van der Waals surface area (Å²) in [5, 5.41) is 3.75. The molecule has 0 aliphatic carbocycles. The number of nitrogens with one attached hydrogen (secondary N) is 1. The summed E-state index contributed by atoms with van der Waals surface area (Å²) in [6.07, 6.45) is 2.13. The molecular weight excluding hydrogens is 396 g/mol. The number of nitrogens with zero attached hydrogens (tertiary/aromatic N) is 1. The SMILES string of the molecule is CCOc1cc2c(cc1OCC)-n1cccc1C(c1ccc(C(C)C)cc1)NC2.[Cl-]. The zero-order valence-corrected chi connectivity index (χ0v) is 18.9.